The molecule has 0 amide bonds. The fourth-order valence-corrected chi connectivity index (χ4v) is 4.55. The molecule has 0 radical (unpaired) electrons. The second kappa shape index (κ2) is 10.6. The predicted molar refractivity (Wildman–Crippen MR) is 137 cm³/mol. The van der Waals surface area contributed by atoms with Crippen molar-refractivity contribution in [3.05, 3.63) is 68.9 Å². The lowest BCUT2D eigenvalue weighted by Crippen LogP contribution is -2.23. The molecule has 0 aliphatic heterocycles. The summed E-state index contributed by atoms with van der Waals surface area (Å²) in [5.74, 6) is -1.32. The summed E-state index contributed by atoms with van der Waals surface area (Å²) in [6.45, 7) is 7.36. The van der Waals surface area contributed by atoms with Gasteiger partial charge in [0, 0.05) is 16.7 Å². The van der Waals surface area contributed by atoms with Gasteiger partial charge in [-0.3, -0.25) is 4.79 Å². The number of alkyl halides is 3. The van der Waals surface area contributed by atoms with Crippen molar-refractivity contribution in [2.24, 2.45) is 0 Å². The summed E-state index contributed by atoms with van der Waals surface area (Å²) in [7, 11) is -4.41. The van der Waals surface area contributed by atoms with Crippen molar-refractivity contribution in [2.75, 3.05) is 7.11 Å². The van der Waals surface area contributed by atoms with Gasteiger partial charge < -0.3 is 19.4 Å². The van der Waals surface area contributed by atoms with Crippen molar-refractivity contribution in [1.29, 1.82) is 0 Å². The van der Waals surface area contributed by atoms with Crippen LogP contribution < -0.4 is 10.2 Å². The van der Waals surface area contributed by atoms with Crippen LogP contribution in [0.25, 0.3) is 22.3 Å². The Morgan fingerprint density at radius 1 is 0.947 bits per heavy atom. The zero-order chi connectivity index (χ0) is 28.6. The van der Waals surface area contributed by atoms with E-state index in [1.807, 2.05) is 27.7 Å². The van der Waals surface area contributed by atoms with E-state index in [-0.39, 0.29) is 57.8 Å². The Morgan fingerprint density at radius 2 is 1.47 bits per heavy atom. The van der Waals surface area contributed by atoms with Crippen molar-refractivity contribution in [2.45, 2.75) is 50.9 Å². The van der Waals surface area contributed by atoms with E-state index < -0.39 is 31.4 Å². The molecule has 0 bridgehead atoms. The summed E-state index contributed by atoms with van der Waals surface area (Å²) >= 11 is 0. The third-order valence-corrected chi connectivity index (χ3v) is 7.31. The molecule has 1 aromatic heterocycles. The minimum absolute atomic E-state index is 0.0442. The van der Waals surface area contributed by atoms with Gasteiger partial charge in [0.05, 0.1) is 12.0 Å². The molecule has 2 N–H and O–H groups in total. The standard InChI is InChI=1S/C27H27F3O7S/c1-14(2)6-12-18-21(31)19(13-7-15(3)4)25-20(22(18)32)23(33)26(36-5)24(37-25)16-8-10-17(11-9-16)38(34,35)27(28,29)30/h6-11,31-32H,12-13H2,1-5H3. The molecular formula is C27H27F3O7S. The summed E-state index contributed by atoms with van der Waals surface area (Å²) in [5.41, 5.74) is -4.17. The summed E-state index contributed by atoms with van der Waals surface area (Å²) in [5, 5.41) is 21.9. The second-order valence-electron chi connectivity index (χ2n) is 9.10. The second-order valence-corrected chi connectivity index (χ2v) is 11.0. The highest BCUT2D eigenvalue weighted by Crippen LogP contribution is 2.43. The van der Waals surface area contributed by atoms with Crippen LogP contribution in [-0.2, 0) is 22.7 Å². The number of phenols is 2. The molecule has 204 valence electrons. The Kier molecular flexibility index (Phi) is 8.02. The normalized spacial score (nSPS) is 11.9. The predicted octanol–water partition coefficient (Wildman–Crippen LogP) is 6.19. The SMILES string of the molecule is COc1c(-c2ccc(S(=O)(=O)C(F)(F)F)cc2)oc2c(CC=C(C)C)c(O)c(CC=C(C)C)c(O)c2c1=O. The van der Waals surface area contributed by atoms with Crippen LogP contribution in [0.3, 0.4) is 0 Å². The van der Waals surface area contributed by atoms with Crippen molar-refractivity contribution in [3.8, 4) is 28.6 Å². The molecule has 11 heteroatoms. The van der Waals surface area contributed by atoms with Crippen LogP contribution in [0.2, 0.25) is 0 Å². The minimum atomic E-state index is -5.58. The first-order valence-corrected chi connectivity index (χ1v) is 12.9. The molecule has 7 nitrogen and oxygen atoms in total. The van der Waals surface area contributed by atoms with Gasteiger partial charge in [0.1, 0.15) is 22.5 Å². The van der Waals surface area contributed by atoms with Crippen molar-refractivity contribution >= 4 is 20.8 Å². The van der Waals surface area contributed by atoms with Crippen LogP contribution in [-0.4, -0.2) is 31.2 Å². The first-order chi connectivity index (χ1) is 17.6. The van der Waals surface area contributed by atoms with Gasteiger partial charge in [0.15, 0.2) is 5.76 Å². The highest BCUT2D eigenvalue weighted by Gasteiger charge is 2.46. The fraction of sp³-hybridized carbons (Fsp3) is 0.296. The Bertz CT molecular complexity index is 1600. The molecule has 1 heterocycles. The third kappa shape index (κ3) is 5.28. The third-order valence-electron chi connectivity index (χ3n) is 5.80. The van der Waals surface area contributed by atoms with Gasteiger partial charge in [0.25, 0.3) is 9.84 Å². The van der Waals surface area contributed by atoms with E-state index in [2.05, 4.69) is 0 Å². The van der Waals surface area contributed by atoms with Gasteiger partial charge in [-0.1, -0.05) is 23.3 Å². The summed E-state index contributed by atoms with van der Waals surface area (Å²) in [4.78, 5) is 12.5. The van der Waals surface area contributed by atoms with Crippen molar-refractivity contribution in [1.82, 2.24) is 0 Å². The molecule has 0 atom stereocenters. The summed E-state index contributed by atoms with van der Waals surface area (Å²) < 4.78 is 73.6. The monoisotopic (exact) mass is 552 g/mol. The number of aromatic hydroxyl groups is 2. The van der Waals surface area contributed by atoms with Gasteiger partial charge in [0.2, 0.25) is 11.2 Å². The van der Waals surface area contributed by atoms with Crippen LogP contribution in [0.4, 0.5) is 13.2 Å². The van der Waals surface area contributed by atoms with Crippen LogP contribution in [0.5, 0.6) is 17.2 Å². The minimum Gasteiger partial charge on any atom is -0.507 e. The Hall–Kier alpha value is -3.73. The maximum Gasteiger partial charge on any atom is 0.501 e. The van der Waals surface area contributed by atoms with Crippen LogP contribution in [0, 0.1) is 0 Å². The highest BCUT2D eigenvalue weighted by atomic mass is 32.2. The van der Waals surface area contributed by atoms with Gasteiger partial charge in [-0.2, -0.15) is 13.2 Å². The topological polar surface area (TPSA) is 114 Å². The number of allylic oxidation sites excluding steroid dienone is 4. The maximum atomic E-state index is 13.5. The molecule has 2 aromatic carbocycles. The molecule has 0 fully saturated rings. The number of fused-ring (bicyclic) bond motifs is 1. The lowest BCUT2D eigenvalue weighted by atomic mass is 9.96. The lowest BCUT2D eigenvalue weighted by Gasteiger charge is -2.16. The first-order valence-electron chi connectivity index (χ1n) is 11.4. The average molecular weight is 553 g/mol. The number of methoxy groups -OCH3 is 1. The number of sulfone groups is 1. The van der Waals surface area contributed by atoms with Crippen LogP contribution in [0.15, 0.2) is 61.7 Å². The zero-order valence-electron chi connectivity index (χ0n) is 21.4. The van der Waals surface area contributed by atoms with Crippen molar-refractivity contribution < 1.29 is 41.0 Å². The van der Waals surface area contributed by atoms with E-state index in [0.717, 1.165) is 35.4 Å². The summed E-state index contributed by atoms with van der Waals surface area (Å²) in [6.07, 6.45) is 3.84. The molecule has 3 aromatic rings. The van der Waals surface area contributed by atoms with Crippen LogP contribution >= 0.6 is 0 Å². The largest absolute Gasteiger partial charge is 0.507 e. The number of benzene rings is 2. The smallest absolute Gasteiger partial charge is 0.501 e. The van der Waals surface area contributed by atoms with E-state index in [1.165, 1.54) is 7.11 Å². The number of ether oxygens (including phenoxy) is 1. The average Bonchev–Trinajstić information content (AvgIpc) is 2.82. The highest BCUT2D eigenvalue weighted by molar-refractivity contribution is 7.92. The molecule has 38 heavy (non-hydrogen) atoms. The van der Waals surface area contributed by atoms with Crippen molar-refractivity contribution in [3.63, 3.8) is 0 Å². The molecular weight excluding hydrogens is 525 g/mol. The molecule has 3 rings (SSSR count). The number of rotatable bonds is 7. The van der Waals surface area contributed by atoms with Gasteiger partial charge in [-0.25, -0.2) is 8.42 Å². The molecule has 0 spiro atoms. The van der Waals surface area contributed by atoms with E-state index in [1.54, 1.807) is 12.2 Å². The molecule has 0 aliphatic rings. The van der Waals surface area contributed by atoms with Gasteiger partial charge >= 0.3 is 5.51 Å². The summed E-state index contributed by atoms with van der Waals surface area (Å²) in [6, 6.07) is 3.57. The maximum absolute atomic E-state index is 13.5. The first kappa shape index (κ1) is 28.8. The van der Waals surface area contributed by atoms with E-state index >= 15 is 0 Å². The van der Waals surface area contributed by atoms with E-state index in [0.29, 0.717) is 0 Å². The van der Waals surface area contributed by atoms with Gasteiger partial charge in [-0.05, 0) is 64.8 Å². The quantitative estimate of drug-likeness (QED) is 0.336. The van der Waals surface area contributed by atoms with E-state index in [4.69, 9.17) is 9.15 Å². The Labute approximate surface area is 217 Å². The molecule has 0 aliphatic carbocycles. The van der Waals surface area contributed by atoms with Gasteiger partial charge in [-0.15, -0.1) is 0 Å². The van der Waals surface area contributed by atoms with Crippen LogP contribution in [0.1, 0.15) is 38.8 Å². The fourth-order valence-electron chi connectivity index (χ4n) is 3.79. The number of halogens is 3. The molecule has 0 unspecified atom stereocenters. The molecule has 0 saturated carbocycles. The lowest BCUT2D eigenvalue weighted by molar-refractivity contribution is -0.0436. The number of hydrogen-bond donors (Lipinski definition) is 2. The number of phenolic OH excluding ortho intramolecular Hbond substituents is 2. The Balaban J connectivity index is 2.38. The Morgan fingerprint density at radius 3 is 1.95 bits per heavy atom. The zero-order valence-corrected chi connectivity index (χ0v) is 22.2. The number of hydrogen-bond acceptors (Lipinski definition) is 7. The van der Waals surface area contributed by atoms with E-state index in [9.17, 15) is 36.6 Å². The molecule has 0 saturated heterocycles.